The fraction of sp³-hybridized carbons (Fsp3) is 0.200. The summed E-state index contributed by atoms with van der Waals surface area (Å²) in [6.45, 7) is 3.04. The van der Waals surface area contributed by atoms with E-state index in [-0.39, 0.29) is 0 Å². The van der Waals surface area contributed by atoms with Crippen LogP contribution >= 0.6 is 11.8 Å². The Hall–Kier alpha value is -2.01. The van der Waals surface area contributed by atoms with E-state index in [1.807, 2.05) is 12.1 Å². The van der Waals surface area contributed by atoms with Crippen molar-refractivity contribution in [3.8, 4) is 0 Å². The molecular formula is C15H16N4S. The molecule has 20 heavy (non-hydrogen) atoms. The van der Waals surface area contributed by atoms with Crippen LogP contribution in [0.3, 0.4) is 0 Å². The molecule has 0 radical (unpaired) electrons. The van der Waals surface area contributed by atoms with Gasteiger partial charge in [0.05, 0.1) is 17.4 Å². The molecule has 0 atom stereocenters. The number of anilines is 1. The maximum absolute atomic E-state index is 4.55. The minimum Gasteiger partial charge on any atom is -0.369 e. The number of nitrogens with zero attached hydrogens (tertiary/aromatic N) is 2. The monoisotopic (exact) mass is 284 g/mol. The number of rotatable bonds is 5. The van der Waals surface area contributed by atoms with Crippen LogP contribution in [0.25, 0.3) is 10.9 Å². The van der Waals surface area contributed by atoms with Crippen molar-refractivity contribution in [1.29, 1.82) is 0 Å². The summed E-state index contributed by atoms with van der Waals surface area (Å²) in [6, 6.07) is 10.4. The smallest absolute Gasteiger partial charge is 0.145 e. The van der Waals surface area contributed by atoms with Gasteiger partial charge in [0.15, 0.2) is 0 Å². The molecule has 0 aliphatic rings. The van der Waals surface area contributed by atoms with E-state index in [2.05, 4.69) is 45.4 Å². The molecule has 0 bridgehead atoms. The van der Waals surface area contributed by atoms with Crippen molar-refractivity contribution in [2.75, 3.05) is 11.9 Å². The standard InChI is InChI=1S/C15H16N4S/c1-2-7-17-13-9-16-10-15(19-13)20-14-8-11-5-3-4-6-12(11)18-14/h3-6,8-10,18H,2,7H2,1H3,(H,17,19). The largest absolute Gasteiger partial charge is 0.369 e. The number of para-hydroxylation sites is 1. The van der Waals surface area contributed by atoms with Gasteiger partial charge in [0.2, 0.25) is 0 Å². The van der Waals surface area contributed by atoms with E-state index < -0.39 is 0 Å². The average Bonchev–Trinajstić information content (AvgIpc) is 2.87. The minimum absolute atomic E-state index is 0.827. The van der Waals surface area contributed by atoms with Gasteiger partial charge in [-0.2, -0.15) is 0 Å². The highest BCUT2D eigenvalue weighted by Crippen LogP contribution is 2.28. The lowest BCUT2D eigenvalue weighted by molar-refractivity contribution is 0.948. The van der Waals surface area contributed by atoms with Gasteiger partial charge in [0.25, 0.3) is 0 Å². The van der Waals surface area contributed by atoms with Gasteiger partial charge in [-0.15, -0.1) is 0 Å². The zero-order chi connectivity index (χ0) is 13.8. The van der Waals surface area contributed by atoms with Crippen LogP contribution in [-0.4, -0.2) is 21.5 Å². The number of H-pyrrole nitrogens is 1. The molecular weight excluding hydrogens is 268 g/mol. The van der Waals surface area contributed by atoms with Crippen molar-refractivity contribution < 1.29 is 0 Å². The van der Waals surface area contributed by atoms with E-state index in [0.717, 1.165) is 34.4 Å². The van der Waals surface area contributed by atoms with Crippen molar-refractivity contribution in [2.24, 2.45) is 0 Å². The summed E-state index contributed by atoms with van der Waals surface area (Å²) in [7, 11) is 0. The number of hydrogen-bond donors (Lipinski definition) is 2. The molecule has 0 unspecified atom stereocenters. The lowest BCUT2D eigenvalue weighted by atomic mass is 10.3. The van der Waals surface area contributed by atoms with E-state index in [1.165, 1.54) is 5.39 Å². The average molecular weight is 284 g/mol. The highest BCUT2D eigenvalue weighted by atomic mass is 32.2. The van der Waals surface area contributed by atoms with E-state index in [1.54, 1.807) is 24.2 Å². The van der Waals surface area contributed by atoms with Crippen molar-refractivity contribution in [3.05, 3.63) is 42.7 Å². The van der Waals surface area contributed by atoms with Crippen molar-refractivity contribution in [2.45, 2.75) is 23.4 Å². The van der Waals surface area contributed by atoms with E-state index in [4.69, 9.17) is 0 Å². The fourth-order valence-electron chi connectivity index (χ4n) is 1.95. The molecule has 2 heterocycles. The molecule has 3 aromatic rings. The molecule has 5 heteroatoms. The Kier molecular flexibility index (Phi) is 3.87. The van der Waals surface area contributed by atoms with Gasteiger partial charge >= 0.3 is 0 Å². The molecule has 0 amide bonds. The summed E-state index contributed by atoms with van der Waals surface area (Å²) in [5.41, 5.74) is 1.14. The summed E-state index contributed by atoms with van der Waals surface area (Å²) in [5, 5.41) is 6.42. The predicted molar refractivity (Wildman–Crippen MR) is 83.2 cm³/mol. The molecule has 0 saturated carbocycles. The third-order valence-corrected chi connectivity index (χ3v) is 3.73. The van der Waals surface area contributed by atoms with Crippen LogP contribution in [0.5, 0.6) is 0 Å². The third-order valence-electron chi connectivity index (χ3n) is 2.89. The van der Waals surface area contributed by atoms with Crippen LogP contribution in [0.4, 0.5) is 5.82 Å². The zero-order valence-electron chi connectivity index (χ0n) is 11.3. The molecule has 2 aromatic heterocycles. The fourth-order valence-corrected chi connectivity index (χ4v) is 2.78. The Morgan fingerprint density at radius 2 is 2.15 bits per heavy atom. The summed E-state index contributed by atoms with van der Waals surface area (Å²) in [5.74, 6) is 0.827. The van der Waals surface area contributed by atoms with Crippen molar-refractivity contribution in [1.82, 2.24) is 15.0 Å². The van der Waals surface area contributed by atoms with Gasteiger partial charge in [0.1, 0.15) is 10.8 Å². The van der Waals surface area contributed by atoms with Crippen molar-refractivity contribution in [3.63, 3.8) is 0 Å². The topological polar surface area (TPSA) is 53.6 Å². The molecule has 0 spiro atoms. The summed E-state index contributed by atoms with van der Waals surface area (Å²) in [4.78, 5) is 12.2. The van der Waals surface area contributed by atoms with Gasteiger partial charge in [-0.25, -0.2) is 4.98 Å². The number of nitrogens with one attached hydrogen (secondary N) is 2. The van der Waals surface area contributed by atoms with E-state index >= 15 is 0 Å². The van der Waals surface area contributed by atoms with Gasteiger partial charge in [-0.05, 0) is 18.6 Å². The van der Waals surface area contributed by atoms with Crippen LogP contribution in [0.15, 0.2) is 52.8 Å². The highest BCUT2D eigenvalue weighted by Gasteiger charge is 2.04. The molecule has 0 saturated heterocycles. The number of aromatic nitrogens is 3. The number of benzene rings is 1. The van der Waals surface area contributed by atoms with Crippen LogP contribution in [-0.2, 0) is 0 Å². The summed E-state index contributed by atoms with van der Waals surface area (Å²) >= 11 is 1.59. The first-order valence-corrected chi connectivity index (χ1v) is 7.48. The van der Waals surface area contributed by atoms with Crippen LogP contribution < -0.4 is 5.32 Å². The molecule has 0 aliphatic heterocycles. The summed E-state index contributed by atoms with van der Waals surface area (Å²) < 4.78 is 0. The third kappa shape index (κ3) is 2.93. The maximum atomic E-state index is 4.55. The molecule has 102 valence electrons. The van der Waals surface area contributed by atoms with Crippen molar-refractivity contribution >= 4 is 28.5 Å². The Morgan fingerprint density at radius 3 is 3.00 bits per heavy atom. The van der Waals surface area contributed by atoms with Gasteiger partial charge in [0, 0.05) is 17.4 Å². The Balaban J connectivity index is 1.79. The molecule has 1 aromatic carbocycles. The lowest BCUT2D eigenvalue weighted by Crippen LogP contribution is -2.02. The van der Waals surface area contributed by atoms with Gasteiger partial charge < -0.3 is 10.3 Å². The first-order chi connectivity index (χ1) is 9.85. The second-order valence-corrected chi connectivity index (χ2v) is 5.55. The Labute approximate surface area is 122 Å². The molecule has 2 N–H and O–H groups in total. The van der Waals surface area contributed by atoms with Gasteiger partial charge in [-0.1, -0.05) is 36.9 Å². The van der Waals surface area contributed by atoms with Crippen LogP contribution in [0.1, 0.15) is 13.3 Å². The lowest BCUT2D eigenvalue weighted by Gasteiger charge is -2.04. The highest BCUT2D eigenvalue weighted by molar-refractivity contribution is 7.99. The minimum atomic E-state index is 0.827. The summed E-state index contributed by atoms with van der Waals surface area (Å²) in [6.07, 6.45) is 4.61. The first kappa shape index (κ1) is 13.0. The Bertz CT molecular complexity index is 675. The molecule has 0 aliphatic carbocycles. The van der Waals surface area contributed by atoms with Crippen LogP contribution in [0, 0.1) is 0 Å². The predicted octanol–water partition coefficient (Wildman–Crippen LogP) is 3.93. The second-order valence-electron chi connectivity index (χ2n) is 4.49. The molecule has 4 nitrogen and oxygen atoms in total. The number of fused-ring (bicyclic) bond motifs is 1. The van der Waals surface area contributed by atoms with Crippen LogP contribution in [0.2, 0.25) is 0 Å². The number of aromatic amines is 1. The normalized spacial score (nSPS) is 10.8. The quantitative estimate of drug-likeness (QED) is 0.745. The van der Waals surface area contributed by atoms with E-state index in [9.17, 15) is 0 Å². The first-order valence-electron chi connectivity index (χ1n) is 6.66. The second kappa shape index (κ2) is 5.96. The maximum Gasteiger partial charge on any atom is 0.145 e. The number of hydrogen-bond acceptors (Lipinski definition) is 4. The molecule has 0 fully saturated rings. The van der Waals surface area contributed by atoms with Gasteiger partial charge in [-0.3, -0.25) is 4.98 Å². The Morgan fingerprint density at radius 1 is 1.25 bits per heavy atom. The SMILES string of the molecule is CCCNc1cncc(Sc2cc3ccccc3[nH]2)n1. The zero-order valence-corrected chi connectivity index (χ0v) is 12.1. The molecule has 3 rings (SSSR count). The van der Waals surface area contributed by atoms with E-state index in [0.29, 0.717) is 0 Å².